The van der Waals surface area contributed by atoms with Gasteiger partial charge in [-0.2, -0.15) is 0 Å². The first-order chi connectivity index (χ1) is 17.9. The number of amides is 2. The van der Waals surface area contributed by atoms with Gasteiger partial charge >= 0.3 is 6.03 Å². The summed E-state index contributed by atoms with van der Waals surface area (Å²) in [7, 11) is 1.50. The Hall–Kier alpha value is -4.76. The molecule has 184 valence electrons. The molecule has 0 radical (unpaired) electrons. The number of nitrogens with one attached hydrogen (secondary N) is 3. The Kier molecular flexibility index (Phi) is 6.53. The van der Waals surface area contributed by atoms with Gasteiger partial charge in [-0.15, -0.1) is 0 Å². The van der Waals surface area contributed by atoms with E-state index in [2.05, 4.69) is 25.6 Å². The molecule has 5 aromatic rings. The topological polar surface area (TPSA) is 122 Å². The first-order valence-electron chi connectivity index (χ1n) is 11.3. The van der Waals surface area contributed by atoms with Gasteiger partial charge in [0.15, 0.2) is 0 Å². The molecule has 0 aliphatic carbocycles. The molecule has 2 amide bonds. The zero-order chi connectivity index (χ0) is 25.9. The second kappa shape index (κ2) is 10.1. The number of rotatable bonds is 5. The molecule has 0 saturated heterocycles. The van der Waals surface area contributed by atoms with Gasteiger partial charge in [-0.3, -0.25) is 4.79 Å². The Morgan fingerprint density at radius 3 is 2.51 bits per heavy atom. The van der Waals surface area contributed by atoms with Crippen LogP contribution >= 0.6 is 11.6 Å². The number of hydrogen-bond donors (Lipinski definition) is 3. The third-order valence-corrected chi connectivity index (χ3v) is 5.79. The molecule has 1 aromatic carbocycles. The second-order valence-electron chi connectivity index (χ2n) is 8.17. The van der Waals surface area contributed by atoms with Gasteiger partial charge in [0, 0.05) is 29.1 Å². The number of aromatic amines is 1. The number of urea groups is 1. The molecule has 5 rings (SSSR count). The van der Waals surface area contributed by atoms with Gasteiger partial charge in [-0.05, 0) is 36.8 Å². The Morgan fingerprint density at radius 1 is 1.00 bits per heavy atom. The van der Waals surface area contributed by atoms with Crippen molar-refractivity contribution in [3.63, 3.8) is 0 Å². The highest BCUT2D eigenvalue weighted by Gasteiger charge is 2.16. The summed E-state index contributed by atoms with van der Waals surface area (Å²) in [4.78, 5) is 42.1. The Morgan fingerprint density at radius 2 is 1.81 bits per heavy atom. The fraction of sp³-hybridized carbons (Fsp3) is 0.0741. The monoisotopic (exact) mass is 512 g/mol. The zero-order valence-corrected chi connectivity index (χ0v) is 20.6. The lowest BCUT2D eigenvalue weighted by atomic mass is 9.98. The molecule has 0 fully saturated rings. The second-order valence-corrected chi connectivity index (χ2v) is 8.55. The van der Waals surface area contributed by atoms with E-state index in [1.54, 1.807) is 24.3 Å². The van der Waals surface area contributed by atoms with Crippen LogP contribution in [0.4, 0.5) is 16.2 Å². The molecule has 4 heterocycles. The number of aromatic nitrogens is 4. The third kappa shape index (κ3) is 5.12. The quantitative estimate of drug-likeness (QED) is 0.261. The van der Waals surface area contributed by atoms with Crippen LogP contribution in [0.1, 0.15) is 5.69 Å². The van der Waals surface area contributed by atoms with Crippen molar-refractivity contribution in [1.82, 2.24) is 19.9 Å². The van der Waals surface area contributed by atoms with Gasteiger partial charge in [0.05, 0.1) is 30.1 Å². The minimum absolute atomic E-state index is 0.0654. The molecule has 0 aliphatic heterocycles. The van der Waals surface area contributed by atoms with Crippen molar-refractivity contribution in [2.24, 2.45) is 0 Å². The van der Waals surface area contributed by atoms with E-state index in [1.165, 1.54) is 19.5 Å². The van der Waals surface area contributed by atoms with Crippen LogP contribution in [0, 0.1) is 6.92 Å². The number of halogens is 1. The van der Waals surface area contributed by atoms with E-state index in [9.17, 15) is 9.59 Å². The molecule has 3 N–H and O–H groups in total. The summed E-state index contributed by atoms with van der Waals surface area (Å²) in [5.41, 5.74) is 4.27. The summed E-state index contributed by atoms with van der Waals surface area (Å²) in [6, 6.07) is 17.7. The van der Waals surface area contributed by atoms with Crippen molar-refractivity contribution < 1.29 is 9.53 Å². The lowest BCUT2D eigenvalue weighted by Crippen LogP contribution is -2.24. The highest BCUT2D eigenvalue weighted by molar-refractivity contribution is 6.29. The van der Waals surface area contributed by atoms with Crippen molar-refractivity contribution in [1.29, 1.82) is 0 Å². The highest BCUT2D eigenvalue weighted by atomic mass is 35.5. The number of anilines is 2. The first-order valence-corrected chi connectivity index (χ1v) is 11.6. The Balaban J connectivity index is 1.56. The summed E-state index contributed by atoms with van der Waals surface area (Å²) in [5.74, 6) is 0.417. The zero-order valence-electron chi connectivity index (χ0n) is 19.9. The van der Waals surface area contributed by atoms with Gasteiger partial charge in [-0.1, -0.05) is 41.9 Å². The molecule has 4 aromatic heterocycles. The first kappa shape index (κ1) is 24.0. The molecule has 0 aliphatic rings. The number of fused-ring (bicyclic) bond motifs is 1. The predicted octanol–water partition coefficient (Wildman–Crippen LogP) is 5.66. The molecule has 37 heavy (non-hydrogen) atoms. The molecule has 9 nitrogen and oxygen atoms in total. The number of carbonyl (C=O) groups is 1. The summed E-state index contributed by atoms with van der Waals surface area (Å²) < 4.78 is 5.02. The van der Waals surface area contributed by atoms with Gasteiger partial charge in [-0.25, -0.2) is 19.7 Å². The maximum atomic E-state index is 13.4. The van der Waals surface area contributed by atoms with Crippen LogP contribution in [0.25, 0.3) is 33.4 Å². The SMILES string of the molecule is COc1ccc(NC(=O)Nc2c[nH]c3nc(-c4ccccc4)c(-c4cc(C)nc(Cl)c4)cc3c2=O)cn1. The molecule has 0 bridgehead atoms. The van der Waals surface area contributed by atoms with Crippen LogP contribution in [0.3, 0.4) is 0 Å². The minimum atomic E-state index is -0.595. The summed E-state index contributed by atoms with van der Waals surface area (Å²) in [6.07, 6.45) is 2.87. The van der Waals surface area contributed by atoms with Crippen LogP contribution in [-0.2, 0) is 0 Å². The average molecular weight is 513 g/mol. The molecule has 0 atom stereocenters. The maximum Gasteiger partial charge on any atom is 0.323 e. The Labute approximate surface area is 216 Å². The molecule has 0 unspecified atom stereocenters. The number of H-pyrrole nitrogens is 1. The van der Waals surface area contributed by atoms with Gasteiger partial charge in [0.25, 0.3) is 0 Å². The highest BCUT2D eigenvalue weighted by Crippen LogP contribution is 2.33. The minimum Gasteiger partial charge on any atom is -0.481 e. The summed E-state index contributed by atoms with van der Waals surface area (Å²) >= 11 is 6.25. The van der Waals surface area contributed by atoms with E-state index < -0.39 is 6.03 Å². The van der Waals surface area contributed by atoms with E-state index in [0.717, 1.165) is 16.8 Å². The number of nitrogens with zero attached hydrogens (tertiary/aromatic N) is 3. The average Bonchev–Trinajstić information content (AvgIpc) is 2.90. The van der Waals surface area contributed by atoms with Crippen LogP contribution in [0.15, 0.2) is 77.9 Å². The van der Waals surface area contributed by atoms with Crippen molar-refractivity contribution in [3.05, 3.63) is 94.1 Å². The maximum absolute atomic E-state index is 13.4. The van der Waals surface area contributed by atoms with Crippen molar-refractivity contribution in [2.75, 3.05) is 17.7 Å². The van der Waals surface area contributed by atoms with E-state index >= 15 is 0 Å². The van der Waals surface area contributed by atoms with E-state index in [0.29, 0.717) is 39.0 Å². The third-order valence-electron chi connectivity index (χ3n) is 5.60. The normalized spacial score (nSPS) is 10.8. The molecule has 0 spiro atoms. The number of hydrogen-bond acceptors (Lipinski definition) is 6. The smallest absolute Gasteiger partial charge is 0.323 e. The fourth-order valence-electron chi connectivity index (χ4n) is 3.92. The van der Waals surface area contributed by atoms with Crippen molar-refractivity contribution >= 4 is 40.0 Å². The van der Waals surface area contributed by atoms with E-state index in [1.807, 2.05) is 43.3 Å². The Bertz CT molecular complexity index is 1650. The fourth-order valence-corrected chi connectivity index (χ4v) is 4.17. The van der Waals surface area contributed by atoms with Gasteiger partial charge < -0.3 is 20.4 Å². The van der Waals surface area contributed by atoms with E-state index in [-0.39, 0.29) is 11.1 Å². The molecular weight excluding hydrogens is 492 g/mol. The van der Waals surface area contributed by atoms with Crippen LogP contribution < -0.4 is 20.8 Å². The van der Waals surface area contributed by atoms with Gasteiger partial charge in [0.1, 0.15) is 16.5 Å². The molecular formula is C27H21ClN6O3. The van der Waals surface area contributed by atoms with Crippen LogP contribution in [0.5, 0.6) is 5.88 Å². The summed E-state index contributed by atoms with van der Waals surface area (Å²) in [6.45, 7) is 1.85. The number of methoxy groups -OCH3 is 1. The van der Waals surface area contributed by atoms with Crippen molar-refractivity contribution in [2.45, 2.75) is 6.92 Å². The number of carbonyl (C=O) groups excluding carboxylic acids is 1. The number of pyridine rings is 4. The van der Waals surface area contributed by atoms with Crippen molar-refractivity contribution in [3.8, 4) is 28.3 Å². The predicted molar refractivity (Wildman–Crippen MR) is 144 cm³/mol. The molecule has 0 saturated carbocycles. The molecule has 10 heteroatoms. The van der Waals surface area contributed by atoms with Crippen LogP contribution in [0.2, 0.25) is 5.15 Å². The number of benzene rings is 1. The lowest BCUT2D eigenvalue weighted by molar-refractivity contribution is 0.262. The number of ether oxygens (including phenoxy) is 1. The lowest BCUT2D eigenvalue weighted by Gasteiger charge is -2.13. The van der Waals surface area contributed by atoms with Crippen LogP contribution in [-0.4, -0.2) is 33.1 Å². The van der Waals surface area contributed by atoms with E-state index in [4.69, 9.17) is 21.3 Å². The summed E-state index contributed by atoms with van der Waals surface area (Å²) in [5, 5.41) is 5.88. The standard InChI is InChI=1S/C27H21ClN6O3/c1-15-10-17(11-22(28)31-15)19-12-20-25(35)21(33-27(36)32-18-8-9-23(37-2)29-13-18)14-30-26(20)34-24(19)16-6-4-3-5-7-16/h3-14H,1-2H3,(H,30,34,35)(H2,32,33,36). The van der Waals surface area contributed by atoms with Gasteiger partial charge in [0.2, 0.25) is 11.3 Å². The number of aryl methyl sites for hydroxylation is 1. The largest absolute Gasteiger partial charge is 0.481 e.